The smallest absolute Gasteiger partial charge is 0.184 e. The van der Waals surface area contributed by atoms with Crippen LogP contribution in [0.3, 0.4) is 0 Å². The van der Waals surface area contributed by atoms with Crippen LogP contribution in [0.4, 0.5) is 5.69 Å². The van der Waals surface area contributed by atoms with Crippen LogP contribution in [0.25, 0.3) is 10.9 Å². The monoisotopic (exact) mass is 185 g/mol. The first-order valence-corrected chi connectivity index (χ1v) is 4.41. The number of aryl methyl sites for hydroxylation is 1. The van der Waals surface area contributed by atoms with Crippen LogP contribution in [-0.4, -0.2) is 11.6 Å². The summed E-state index contributed by atoms with van der Waals surface area (Å²) in [6.45, 7) is 0. The highest BCUT2D eigenvalue weighted by Gasteiger charge is 2.08. The molecule has 3 nitrogen and oxygen atoms in total. The Hall–Kier alpha value is -1.95. The molecule has 0 atom stereocenters. The van der Waals surface area contributed by atoms with Crippen molar-refractivity contribution in [2.45, 2.75) is 0 Å². The Bertz CT molecular complexity index is 505. The van der Waals surface area contributed by atoms with Crippen molar-refractivity contribution in [2.24, 2.45) is 7.05 Å². The zero-order chi connectivity index (χ0) is 10.1. The lowest BCUT2D eigenvalue weighted by Gasteiger charge is -2.05. The summed E-state index contributed by atoms with van der Waals surface area (Å²) in [5, 5.41) is 9.93. The van der Waals surface area contributed by atoms with E-state index in [9.17, 15) is 0 Å². The van der Waals surface area contributed by atoms with Gasteiger partial charge in [0, 0.05) is 31.2 Å². The lowest BCUT2D eigenvalue weighted by Crippen LogP contribution is -2.06. The molecule has 1 aromatic carbocycles. The van der Waals surface area contributed by atoms with Crippen molar-refractivity contribution in [3.8, 4) is 6.19 Å². The van der Waals surface area contributed by atoms with Gasteiger partial charge in [0.1, 0.15) is 0 Å². The Morgan fingerprint density at radius 1 is 1.36 bits per heavy atom. The van der Waals surface area contributed by atoms with E-state index < -0.39 is 0 Å². The summed E-state index contributed by atoms with van der Waals surface area (Å²) in [6, 6.07) is 8.05. The van der Waals surface area contributed by atoms with Gasteiger partial charge in [0.25, 0.3) is 0 Å². The number of benzene rings is 1. The quantitative estimate of drug-likeness (QED) is 0.503. The number of hydrogen-bond acceptors (Lipinski definition) is 2. The standard InChI is InChI=1S/C11H11N3/c1-13-7-11(14(2)8-12)9-5-3-4-6-10(9)13/h3-7H,1-2H3. The van der Waals surface area contributed by atoms with E-state index in [0.717, 1.165) is 16.6 Å². The molecule has 2 rings (SSSR count). The molecule has 1 aromatic heterocycles. The summed E-state index contributed by atoms with van der Waals surface area (Å²) in [5.41, 5.74) is 2.09. The fourth-order valence-electron chi connectivity index (χ4n) is 1.64. The number of nitrogens with zero attached hydrogens (tertiary/aromatic N) is 3. The van der Waals surface area contributed by atoms with E-state index in [1.165, 1.54) is 0 Å². The van der Waals surface area contributed by atoms with Crippen molar-refractivity contribution in [3.05, 3.63) is 30.5 Å². The number of rotatable bonds is 1. The fraction of sp³-hybridized carbons (Fsp3) is 0.182. The summed E-state index contributed by atoms with van der Waals surface area (Å²) in [7, 11) is 3.75. The van der Waals surface area contributed by atoms with Crippen LogP contribution in [-0.2, 0) is 7.05 Å². The number of aromatic nitrogens is 1. The van der Waals surface area contributed by atoms with Crippen LogP contribution < -0.4 is 4.90 Å². The highest BCUT2D eigenvalue weighted by molar-refractivity contribution is 5.93. The Labute approximate surface area is 82.8 Å². The van der Waals surface area contributed by atoms with Gasteiger partial charge in [0.05, 0.1) is 5.69 Å². The Kier molecular flexibility index (Phi) is 1.90. The fourth-order valence-corrected chi connectivity index (χ4v) is 1.64. The summed E-state index contributed by atoms with van der Waals surface area (Å²) in [5.74, 6) is 0. The van der Waals surface area contributed by atoms with E-state index in [2.05, 4.69) is 6.19 Å². The number of fused-ring (bicyclic) bond motifs is 1. The van der Waals surface area contributed by atoms with Gasteiger partial charge in [-0.3, -0.25) is 4.90 Å². The van der Waals surface area contributed by atoms with Crippen molar-refractivity contribution in [2.75, 3.05) is 11.9 Å². The van der Waals surface area contributed by atoms with Crippen molar-refractivity contribution < 1.29 is 0 Å². The molecular formula is C11H11N3. The number of para-hydroxylation sites is 1. The van der Waals surface area contributed by atoms with Gasteiger partial charge in [-0.1, -0.05) is 18.2 Å². The zero-order valence-electron chi connectivity index (χ0n) is 8.23. The third kappa shape index (κ3) is 1.12. The summed E-state index contributed by atoms with van der Waals surface area (Å²) >= 11 is 0. The maximum atomic E-state index is 8.82. The third-order valence-corrected chi connectivity index (χ3v) is 2.39. The maximum Gasteiger partial charge on any atom is 0.184 e. The Morgan fingerprint density at radius 2 is 2.07 bits per heavy atom. The largest absolute Gasteiger partial charge is 0.348 e. The van der Waals surface area contributed by atoms with Gasteiger partial charge in [-0.05, 0) is 6.07 Å². The van der Waals surface area contributed by atoms with Gasteiger partial charge < -0.3 is 4.57 Å². The lowest BCUT2D eigenvalue weighted by atomic mass is 10.2. The minimum atomic E-state index is 0.950. The summed E-state index contributed by atoms with van der Waals surface area (Å²) < 4.78 is 2.03. The van der Waals surface area contributed by atoms with Crippen molar-refractivity contribution in [3.63, 3.8) is 0 Å². The molecule has 0 amide bonds. The first-order valence-electron chi connectivity index (χ1n) is 4.41. The molecule has 0 aliphatic heterocycles. The molecule has 0 saturated carbocycles. The predicted octanol–water partition coefficient (Wildman–Crippen LogP) is 2.10. The number of hydrogen-bond donors (Lipinski definition) is 0. The van der Waals surface area contributed by atoms with E-state index in [1.54, 1.807) is 11.9 Å². The van der Waals surface area contributed by atoms with E-state index in [4.69, 9.17) is 5.26 Å². The van der Waals surface area contributed by atoms with Crippen molar-refractivity contribution in [1.82, 2.24) is 4.57 Å². The van der Waals surface area contributed by atoms with E-state index in [0.29, 0.717) is 0 Å². The highest BCUT2D eigenvalue weighted by Crippen LogP contribution is 2.26. The minimum absolute atomic E-state index is 0.950. The highest BCUT2D eigenvalue weighted by atomic mass is 15.1. The van der Waals surface area contributed by atoms with Gasteiger partial charge in [0.15, 0.2) is 6.19 Å². The van der Waals surface area contributed by atoms with E-state index in [1.807, 2.05) is 42.1 Å². The molecule has 1 heterocycles. The predicted molar refractivity (Wildman–Crippen MR) is 56.9 cm³/mol. The maximum absolute atomic E-state index is 8.82. The first kappa shape index (κ1) is 8.64. The van der Waals surface area contributed by atoms with Gasteiger partial charge in [0.2, 0.25) is 0 Å². The normalized spacial score (nSPS) is 10.1. The SMILES string of the molecule is CN(C#N)c1cn(C)c2ccccc12. The van der Waals surface area contributed by atoms with Crippen LogP contribution in [0, 0.1) is 11.5 Å². The molecule has 70 valence electrons. The van der Waals surface area contributed by atoms with Gasteiger partial charge in [-0.2, -0.15) is 5.26 Å². The molecule has 0 saturated heterocycles. The van der Waals surface area contributed by atoms with Crippen molar-refractivity contribution >= 4 is 16.6 Å². The number of anilines is 1. The van der Waals surface area contributed by atoms with Gasteiger partial charge in [-0.25, -0.2) is 0 Å². The molecule has 0 spiro atoms. The molecule has 0 bridgehead atoms. The average molecular weight is 185 g/mol. The molecule has 0 aliphatic rings. The van der Waals surface area contributed by atoms with Gasteiger partial charge in [-0.15, -0.1) is 0 Å². The average Bonchev–Trinajstić information content (AvgIpc) is 2.56. The lowest BCUT2D eigenvalue weighted by molar-refractivity contribution is 0.965. The van der Waals surface area contributed by atoms with Crippen LogP contribution in [0.5, 0.6) is 0 Å². The van der Waals surface area contributed by atoms with Crippen LogP contribution >= 0.6 is 0 Å². The molecule has 0 unspecified atom stereocenters. The molecule has 14 heavy (non-hydrogen) atoms. The summed E-state index contributed by atoms with van der Waals surface area (Å²) in [4.78, 5) is 1.57. The Morgan fingerprint density at radius 3 is 2.79 bits per heavy atom. The van der Waals surface area contributed by atoms with E-state index in [-0.39, 0.29) is 0 Å². The number of nitriles is 1. The minimum Gasteiger partial charge on any atom is -0.348 e. The molecule has 2 aromatic rings. The van der Waals surface area contributed by atoms with E-state index >= 15 is 0 Å². The second-order valence-corrected chi connectivity index (χ2v) is 3.30. The molecular weight excluding hydrogens is 174 g/mol. The zero-order valence-corrected chi connectivity index (χ0v) is 8.23. The van der Waals surface area contributed by atoms with Gasteiger partial charge >= 0.3 is 0 Å². The topological polar surface area (TPSA) is 32.0 Å². The van der Waals surface area contributed by atoms with Crippen LogP contribution in [0.1, 0.15) is 0 Å². The van der Waals surface area contributed by atoms with Crippen LogP contribution in [0.2, 0.25) is 0 Å². The second kappa shape index (κ2) is 3.08. The Balaban J connectivity index is 2.74. The molecule has 0 fully saturated rings. The van der Waals surface area contributed by atoms with Crippen LogP contribution in [0.15, 0.2) is 30.5 Å². The molecule has 0 N–H and O–H groups in total. The first-order chi connectivity index (χ1) is 6.74. The van der Waals surface area contributed by atoms with Crippen molar-refractivity contribution in [1.29, 1.82) is 5.26 Å². The molecule has 0 aliphatic carbocycles. The molecule has 3 heteroatoms. The molecule has 0 radical (unpaired) electrons. The second-order valence-electron chi connectivity index (χ2n) is 3.30. The third-order valence-electron chi connectivity index (χ3n) is 2.39. The summed E-state index contributed by atoms with van der Waals surface area (Å²) in [6.07, 6.45) is 4.07.